The number of hydrogen-bond acceptors (Lipinski definition) is 3. The van der Waals surface area contributed by atoms with Gasteiger partial charge in [0.05, 0.1) is 5.71 Å². The third-order valence-corrected chi connectivity index (χ3v) is 1.99. The van der Waals surface area contributed by atoms with Crippen LogP contribution < -0.4 is 0 Å². The lowest BCUT2D eigenvalue weighted by atomic mass is 10.1. The highest BCUT2D eigenvalue weighted by Crippen LogP contribution is 2.22. The van der Waals surface area contributed by atoms with E-state index in [1.54, 1.807) is 19.1 Å². The fourth-order valence-electron chi connectivity index (χ4n) is 0.852. The predicted molar refractivity (Wildman–Crippen MR) is 49.8 cm³/mol. The largest absolute Gasteiger partial charge is 0.507 e. The second kappa shape index (κ2) is 3.58. The zero-order valence-corrected chi connectivity index (χ0v) is 8.04. The number of oxime groups is 1. The molecular formula is C8H8BrNO2. The molecule has 0 bridgehead atoms. The van der Waals surface area contributed by atoms with Crippen LogP contribution in [0.25, 0.3) is 0 Å². The van der Waals surface area contributed by atoms with E-state index in [2.05, 4.69) is 21.1 Å². The van der Waals surface area contributed by atoms with Gasteiger partial charge in [0.2, 0.25) is 0 Å². The van der Waals surface area contributed by atoms with Crippen molar-refractivity contribution in [1.29, 1.82) is 0 Å². The molecule has 0 amide bonds. The average Bonchev–Trinajstić information content (AvgIpc) is 2.08. The fourth-order valence-corrected chi connectivity index (χ4v) is 1.21. The van der Waals surface area contributed by atoms with Crippen LogP contribution in [-0.4, -0.2) is 16.0 Å². The smallest absolute Gasteiger partial charge is 0.124 e. The van der Waals surface area contributed by atoms with Crippen LogP contribution in [0.1, 0.15) is 12.5 Å². The van der Waals surface area contributed by atoms with Gasteiger partial charge in [-0.05, 0) is 25.1 Å². The molecule has 2 N–H and O–H groups in total. The van der Waals surface area contributed by atoms with Crippen LogP contribution >= 0.6 is 15.9 Å². The standard InChI is InChI=1S/C8H8BrNO2/c1-5(10-12)7-4-6(9)2-3-8(7)11/h2-4,11-12H,1H3/b10-5+. The summed E-state index contributed by atoms with van der Waals surface area (Å²) in [5.74, 6) is 0.105. The van der Waals surface area contributed by atoms with Crippen molar-refractivity contribution in [2.75, 3.05) is 0 Å². The summed E-state index contributed by atoms with van der Waals surface area (Å²) in [6.07, 6.45) is 0. The molecular weight excluding hydrogens is 222 g/mol. The number of aromatic hydroxyl groups is 1. The van der Waals surface area contributed by atoms with Gasteiger partial charge in [-0.25, -0.2) is 0 Å². The molecule has 1 aromatic carbocycles. The summed E-state index contributed by atoms with van der Waals surface area (Å²) in [6.45, 7) is 1.61. The van der Waals surface area contributed by atoms with Crippen molar-refractivity contribution in [3.63, 3.8) is 0 Å². The monoisotopic (exact) mass is 229 g/mol. The summed E-state index contributed by atoms with van der Waals surface area (Å²) in [4.78, 5) is 0. The molecule has 12 heavy (non-hydrogen) atoms. The third kappa shape index (κ3) is 1.76. The van der Waals surface area contributed by atoms with Crippen molar-refractivity contribution in [1.82, 2.24) is 0 Å². The Labute approximate surface area is 78.5 Å². The molecule has 64 valence electrons. The molecule has 0 saturated heterocycles. The summed E-state index contributed by atoms with van der Waals surface area (Å²) in [6, 6.07) is 4.93. The summed E-state index contributed by atoms with van der Waals surface area (Å²) < 4.78 is 0.832. The number of benzene rings is 1. The number of hydrogen-bond donors (Lipinski definition) is 2. The first-order chi connectivity index (χ1) is 5.65. The van der Waals surface area contributed by atoms with Crippen molar-refractivity contribution >= 4 is 21.6 Å². The fraction of sp³-hybridized carbons (Fsp3) is 0.125. The van der Waals surface area contributed by atoms with Gasteiger partial charge in [0.1, 0.15) is 5.75 Å². The first-order valence-corrected chi connectivity index (χ1v) is 4.12. The summed E-state index contributed by atoms with van der Waals surface area (Å²) in [5.41, 5.74) is 0.903. The molecule has 0 radical (unpaired) electrons. The lowest BCUT2D eigenvalue weighted by Gasteiger charge is -2.02. The Morgan fingerprint density at radius 2 is 2.17 bits per heavy atom. The van der Waals surface area contributed by atoms with Gasteiger partial charge < -0.3 is 10.3 Å². The van der Waals surface area contributed by atoms with E-state index < -0.39 is 0 Å². The maximum atomic E-state index is 9.32. The molecule has 0 fully saturated rings. The van der Waals surface area contributed by atoms with Crippen molar-refractivity contribution in [2.45, 2.75) is 6.92 Å². The molecule has 0 aliphatic rings. The van der Waals surface area contributed by atoms with E-state index in [9.17, 15) is 5.11 Å². The van der Waals surface area contributed by atoms with E-state index in [0.29, 0.717) is 11.3 Å². The molecule has 0 heterocycles. The van der Waals surface area contributed by atoms with E-state index in [-0.39, 0.29) is 5.75 Å². The van der Waals surface area contributed by atoms with Crippen LogP contribution in [-0.2, 0) is 0 Å². The highest BCUT2D eigenvalue weighted by molar-refractivity contribution is 9.10. The molecule has 4 heteroatoms. The van der Waals surface area contributed by atoms with Gasteiger partial charge in [-0.1, -0.05) is 21.1 Å². The SMILES string of the molecule is C/C(=N\O)c1cc(Br)ccc1O. The van der Waals surface area contributed by atoms with Crippen molar-refractivity contribution in [2.24, 2.45) is 5.16 Å². The molecule has 3 nitrogen and oxygen atoms in total. The minimum atomic E-state index is 0.105. The summed E-state index contributed by atoms with van der Waals surface area (Å²) >= 11 is 3.25. The van der Waals surface area contributed by atoms with Gasteiger partial charge in [-0.3, -0.25) is 0 Å². The average molecular weight is 230 g/mol. The Hall–Kier alpha value is -1.03. The van der Waals surface area contributed by atoms with Crippen molar-refractivity contribution in [3.05, 3.63) is 28.2 Å². The number of halogens is 1. The topological polar surface area (TPSA) is 52.8 Å². The molecule has 1 aromatic rings. The maximum Gasteiger partial charge on any atom is 0.124 e. The number of phenolic OH excluding ortho intramolecular Hbond substituents is 1. The van der Waals surface area contributed by atoms with Gasteiger partial charge in [-0.2, -0.15) is 0 Å². The second-order valence-electron chi connectivity index (χ2n) is 2.35. The van der Waals surface area contributed by atoms with Gasteiger partial charge in [0, 0.05) is 10.0 Å². The second-order valence-corrected chi connectivity index (χ2v) is 3.26. The van der Waals surface area contributed by atoms with Gasteiger partial charge in [0.25, 0.3) is 0 Å². The van der Waals surface area contributed by atoms with Gasteiger partial charge in [-0.15, -0.1) is 0 Å². The molecule has 0 aliphatic heterocycles. The van der Waals surface area contributed by atoms with Gasteiger partial charge >= 0.3 is 0 Å². The molecule has 0 aromatic heterocycles. The van der Waals surface area contributed by atoms with E-state index in [0.717, 1.165) is 4.47 Å². The van der Waals surface area contributed by atoms with Crippen LogP contribution in [0, 0.1) is 0 Å². The molecule has 0 unspecified atom stereocenters. The van der Waals surface area contributed by atoms with Crippen molar-refractivity contribution in [3.8, 4) is 5.75 Å². The van der Waals surface area contributed by atoms with Gasteiger partial charge in [0.15, 0.2) is 0 Å². The molecule has 0 spiro atoms. The molecule has 0 saturated carbocycles. The summed E-state index contributed by atoms with van der Waals surface area (Å²) in [5, 5.41) is 20.8. The molecule has 1 rings (SSSR count). The van der Waals surface area contributed by atoms with E-state index >= 15 is 0 Å². The zero-order chi connectivity index (χ0) is 9.14. The molecule has 0 aliphatic carbocycles. The first-order valence-electron chi connectivity index (χ1n) is 3.32. The minimum Gasteiger partial charge on any atom is -0.507 e. The Morgan fingerprint density at radius 1 is 1.50 bits per heavy atom. The highest BCUT2D eigenvalue weighted by atomic mass is 79.9. The lowest BCUT2D eigenvalue weighted by Crippen LogP contribution is -1.94. The van der Waals surface area contributed by atoms with Crippen LogP contribution in [0.2, 0.25) is 0 Å². The Morgan fingerprint density at radius 3 is 2.75 bits per heavy atom. The number of nitrogens with zero attached hydrogens (tertiary/aromatic N) is 1. The minimum absolute atomic E-state index is 0.105. The Kier molecular flexibility index (Phi) is 2.70. The first kappa shape index (κ1) is 9.06. The van der Waals surface area contributed by atoms with E-state index in [1.807, 2.05) is 0 Å². The zero-order valence-electron chi connectivity index (χ0n) is 6.45. The lowest BCUT2D eigenvalue weighted by molar-refractivity contribution is 0.318. The number of phenols is 1. The quantitative estimate of drug-likeness (QED) is 0.442. The van der Waals surface area contributed by atoms with E-state index in [1.165, 1.54) is 6.07 Å². The van der Waals surface area contributed by atoms with Crippen molar-refractivity contribution < 1.29 is 10.3 Å². The van der Waals surface area contributed by atoms with Crippen LogP contribution in [0.3, 0.4) is 0 Å². The number of rotatable bonds is 1. The summed E-state index contributed by atoms with van der Waals surface area (Å²) in [7, 11) is 0. The molecule has 0 atom stereocenters. The third-order valence-electron chi connectivity index (χ3n) is 1.50. The van der Waals surface area contributed by atoms with Crippen LogP contribution in [0.5, 0.6) is 5.75 Å². The van der Waals surface area contributed by atoms with Crippen LogP contribution in [0.4, 0.5) is 0 Å². The van der Waals surface area contributed by atoms with E-state index in [4.69, 9.17) is 5.21 Å². The van der Waals surface area contributed by atoms with Crippen LogP contribution in [0.15, 0.2) is 27.8 Å². The maximum absolute atomic E-state index is 9.32. The highest BCUT2D eigenvalue weighted by Gasteiger charge is 2.04. The predicted octanol–water partition coefficient (Wildman–Crippen LogP) is 2.35. The normalized spacial score (nSPS) is 11.7. The Balaban J connectivity index is 3.23. The Bertz CT molecular complexity index is 323.